The number of aldehydes is 1. The van der Waals surface area contributed by atoms with Gasteiger partial charge in [0.15, 0.2) is 14.1 Å². The second-order valence-electron chi connectivity index (χ2n) is 6.23. The first-order valence-electron chi connectivity index (χ1n) is 6.82. The molecule has 4 N–H and O–H groups in total. The fourth-order valence-electron chi connectivity index (χ4n) is 2.56. The number of aliphatic hydroxyl groups excluding tert-OH is 2. The third kappa shape index (κ3) is 2.42. The number of carbonyl (C=O) groups excluding carboxylic acids is 2. The average Bonchev–Trinajstić information content (AvgIpc) is 2.61. The highest BCUT2D eigenvalue weighted by Gasteiger charge is 2.68. The Kier molecular flexibility index (Phi) is 4.01. The van der Waals surface area contributed by atoms with E-state index in [0.29, 0.717) is 6.29 Å². The lowest BCUT2D eigenvalue weighted by molar-refractivity contribution is -0.242. The van der Waals surface area contributed by atoms with E-state index in [9.17, 15) is 29.3 Å². The van der Waals surface area contributed by atoms with Crippen LogP contribution in [0.5, 0.6) is 0 Å². The number of aliphatic hydroxyl groups is 3. The van der Waals surface area contributed by atoms with Crippen LogP contribution in [0.15, 0.2) is 24.0 Å². The Balaban J connectivity index is 2.50. The molecule has 4 atom stereocenters. The van der Waals surface area contributed by atoms with Crippen LogP contribution in [0.3, 0.4) is 0 Å². The molecule has 122 valence electrons. The number of nitrogens with zero attached hydrogens (tertiary/aromatic N) is 1. The number of hydrogen-bond acceptors (Lipinski definition) is 6. The van der Waals surface area contributed by atoms with Gasteiger partial charge in [0.2, 0.25) is 0 Å². The lowest BCUT2D eigenvalue weighted by Gasteiger charge is -2.41. The Labute approximate surface area is 134 Å². The standard InChI is InChI=1S/C11H16B3FN2O6/c1-4-5(3-18)2-17(8(21)16-4)10(12)7(20)6(19)9(15,23-10)11(13,14)22/h2-3,6-7,19-20,22H,1,12-14H2,(H,16,21)/t6-,7+,9-,10-/m0/s1. The summed E-state index contributed by atoms with van der Waals surface area (Å²) < 4.78 is 20.1. The molecule has 0 aliphatic carbocycles. The van der Waals surface area contributed by atoms with E-state index >= 15 is 0 Å². The number of halogens is 1. The highest BCUT2D eigenvalue weighted by atomic mass is 19.2. The van der Waals surface area contributed by atoms with Crippen LogP contribution < -0.4 is 5.32 Å². The summed E-state index contributed by atoms with van der Waals surface area (Å²) in [6.07, 6.45) is -2.58. The molecule has 1 fully saturated rings. The van der Waals surface area contributed by atoms with Crippen molar-refractivity contribution in [3.63, 3.8) is 0 Å². The topological polar surface area (TPSA) is 119 Å². The predicted octanol–water partition coefficient (Wildman–Crippen LogP) is -4.77. The van der Waals surface area contributed by atoms with E-state index in [4.69, 9.17) is 4.74 Å². The number of rotatable bonds is 3. The van der Waals surface area contributed by atoms with Gasteiger partial charge in [-0.05, 0) is 0 Å². The average molecular weight is 324 g/mol. The van der Waals surface area contributed by atoms with Crippen molar-refractivity contribution in [2.45, 2.75) is 29.1 Å². The van der Waals surface area contributed by atoms with Gasteiger partial charge in [0.25, 0.3) is 5.85 Å². The van der Waals surface area contributed by atoms with Crippen LogP contribution in [-0.2, 0) is 9.53 Å². The summed E-state index contributed by atoms with van der Waals surface area (Å²) in [4.78, 5) is 23.8. The second-order valence-corrected chi connectivity index (χ2v) is 6.23. The smallest absolute Gasteiger partial charge is 0.327 e. The normalized spacial score (nSPS) is 38.3. The van der Waals surface area contributed by atoms with Crippen LogP contribution >= 0.6 is 0 Å². The molecule has 8 nitrogen and oxygen atoms in total. The maximum atomic E-state index is 14.9. The number of allylic oxidation sites excluding steroid dienone is 1. The lowest BCUT2D eigenvalue weighted by atomic mass is 9.59. The molecule has 12 heteroatoms. The molecular weight excluding hydrogens is 308 g/mol. The monoisotopic (exact) mass is 324 g/mol. The highest BCUT2D eigenvalue weighted by Crippen LogP contribution is 2.44. The predicted molar refractivity (Wildman–Crippen MR) is 83.9 cm³/mol. The number of carbonyl (C=O) groups is 2. The Morgan fingerprint density at radius 1 is 1.48 bits per heavy atom. The van der Waals surface area contributed by atoms with Crippen LogP contribution in [0.25, 0.3) is 0 Å². The maximum absolute atomic E-state index is 14.9. The molecule has 0 spiro atoms. The van der Waals surface area contributed by atoms with Gasteiger partial charge in [-0.25, -0.2) is 9.18 Å². The zero-order valence-electron chi connectivity index (χ0n) is 12.9. The molecule has 2 rings (SSSR count). The number of amides is 2. The molecule has 2 heterocycles. The molecule has 0 aromatic carbocycles. The van der Waals surface area contributed by atoms with Crippen LogP contribution in [0, 0.1) is 0 Å². The first-order chi connectivity index (χ1) is 10.4. The summed E-state index contributed by atoms with van der Waals surface area (Å²) in [5.41, 5.74) is -2.05. The molecule has 1 saturated heterocycles. The van der Waals surface area contributed by atoms with Crippen molar-refractivity contribution in [2.24, 2.45) is 0 Å². The quantitative estimate of drug-likeness (QED) is 0.306. The Morgan fingerprint density at radius 2 is 2.04 bits per heavy atom. The summed E-state index contributed by atoms with van der Waals surface area (Å²) in [5, 5.41) is 30.3. The van der Waals surface area contributed by atoms with Crippen LogP contribution in [-0.4, -0.2) is 85.2 Å². The first kappa shape index (κ1) is 17.7. The molecule has 0 radical (unpaired) electrons. The van der Waals surface area contributed by atoms with Crippen molar-refractivity contribution in [1.82, 2.24) is 10.2 Å². The summed E-state index contributed by atoms with van der Waals surface area (Å²) >= 11 is 0. The van der Waals surface area contributed by atoms with Gasteiger partial charge in [-0.2, -0.15) is 0 Å². The van der Waals surface area contributed by atoms with Crippen molar-refractivity contribution >= 4 is 35.9 Å². The maximum Gasteiger partial charge on any atom is 0.327 e. The molecule has 23 heavy (non-hydrogen) atoms. The van der Waals surface area contributed by atoms with Crippen LogP contribution in [0.2, 0.25) is 0 Å². The molecule has 0 aromatic heterocycles. The molecule has 0 aromatic rings. The molecule has 0 saturated carbocycles. The summed E-state index contributed by atoms with van der Waals surface area (Å²) in [5.74, 6) is -3.04. The minimum Gasteiger partial charge on any atom is -0.402 e. The molecular formula is C11H16B3FN2O6. The van der Waals surface area contributed by atoms with Crippen molar-refractivity contribution in [3.05, 3.63) is 24.0 Å². The second kappa shape index (κ2) is 5.20. The van der Waals surface area contributed by atoms with Crippen LogP contribution in [0.1, 0.15) is 0 Å². The van der Waals surface area contributed by atoms with Crippen molar-refractivity contribution in [2.75, 3.05) is 0 Å². The van der Waals surface area contributed by atoms with Gasteiger partial charge in [-0.3, -0.25) is 9.69 Å². The summed E-state index contributed by atoms with van der Waals surface area (Å²) in [6.45, 7) is 3.48. The van der Waals surface area contributed by atoms with Crippen molar-refractivity contribution in [3.8, 4) is 0 Å². The number of urea groups is 1. The van der Waals surface area contributed by atoms with E-state index in [-0.39, 0.29) is 11.3 Å². The van der Waals surface area contributed by atoms with Gasteiger partial charge < -0.3 is 25.4 Å². The van der Waals surface area contributed by atoms with Gasteiger partial charge >= 0.3 is 6.03 Å². The fourth-order valence-corrected chi connectivity index (χ4v) is 2.56. The zero-order chi connectivity index (χ0) is 17.8. The largest absolute Gasteiger partial charge is 0.402 e. The van der Waals surface area contributed by atoms with E-state index < -0.39 is 35.1 Å². The number of ether oxygens (including phenoxy) is 1. The number of nitrogens with one attached hydrogen (secondary N) is 1. The van der Waals surface area contributed by atoms with E-state index in [0.717, 1.165) is 34.6 Å². The molecule has 2 aliphatic heterocycles. The Bertz CT molecular complexity index is 611. The van der Waals surface area contributed by atoms with Crippen molar-refractivity contribution < 1.29 is 34.0 Å². The molecule has 0 unspecified atom stereocenters. The van der Waals surface area contributed by atoms with E-state index in [1.54, 1.807) is 0 Å². The van der Waals surface area contributed by atoms with E-state index in [1.807, 2.05) is 0 Å². The summed E-state index contributed by atoms with van der Waals surface area (Å²) in [6, 6.07) is -0.839. The van der Waals surface area contributed by atoms with E-state index in [1.165, 1.54) is 0 Å². The minimum atomic E-state index is -3.04. The Hall–Kier alpha value is -1.62. The Morgan fingerprint density at radius 3 is 2.48 bits per heavy atom. The number of alkyl halides is 1. The molecule has 2 aliphatic rings. The number of hydrogen-bond donors (Lipinski definition) is 4. The van der Waals surface area contributed by atoms with E-state index in [2.05, 4.69) is 11.9 Å². The minimum absolute atomic E-state index is 0.0178. The zero-order valence-corrected chi connectivity index (χ0v) is 12.9. The molecule has 0 bridgehead atoms. The van der Waals surface area contributed by atoms with Gasteiger partial charge in [0, 0.05) is 11.9 Å². The third-order valence-corrected chi connectivity index (χ3v) is 4.12. The third-order valence-electron chi connectivity index (χ3n) is 4.12. The highest BCUT2D eigenvalue weighted by molar-refractivity contribution is 6.39. The molecule has 2 amide bonds. The fraction of sp³-hybridized carbons (Fsp3) is 0.455. The van der Waals surface area contributed by atoms with Crippen molar-refractivity contribution in [1.29, 1.82) is 0 Å². The lowest BCUT2D eigenvalue weighted by Crippen LogP contribution is -2.61. The summed E-state index contributed by atoms with van der Waals surface area (Å²) in [7, 11) is 3.26. The van der Waals surface area contributed by atoms with Gasteiger partial charge in [0.1, 0.15) is 33.5 Å². The van der Waals surface area contributed by atoms with Gasteiger partial charge in [-0.1, -0.05) is 6.58 Å². The van der Waals surface area contributed by atoms with Crippen LogP contribution in [0.4, 0.5) is 9.18 Å². The van der Waals surface area contributed by atoms with Gasteiger partial charge in [-0.15, -0.1) is 0 Å². The van der Waals surface area contributed by atoms with Gasteiger partial charge in [0.05, 0.1) is 11.0 Å². The SMILES string of the molecule is BC(B)(O)[C@@]1(F)O[C@@](B)(N2C=C(C=O)C(=C)NC2=O)[C@H](O)[C@@H]1O. The first-order valence-corrected chi connectivity index (χ1v) is 6.82.